The highest BCUT2D eigenvalue weighted by Gasteiger charge is 2.19. The fourth-order valence-corrected chi connectivity index (χ4v) is 4.06. The summed E-state index contributed by atoms with van der Waals surface area (Å²) in [6, 6.07) is 11.0. The summed E-state index contributed by atoms with van der Waals surface area (Å²) in [5.41, 5.74) is 1.52. The second-order valence-electron chi connectivity index (χ2n) is 7.23. The number of hydrogen-bond donors (Lipinski definition) is 0. The summed E-state index contributed by atoms with van der Waals surface area (Å²) in [5.74, 6) is 0.903. The molecule has 2 aliphatic rings. The first-order valence-electron chi connectivity index (χ1n) is 9.39. The smallest absolute Gasteiger partial charge is 0.000654 e. The number of benzene rings is 1. The van der Waals surface area contributed by atoms with Gasteiger partial charge in [-0.3, -0.25) is 0 Å². The van der Waals surface area contributed by atoms with Crippen LogP contribution in [0.15, 0.2) is 30.3 Å². The van der Waals surface area contributed by atoms with Gasteiger partial charge in [-0.05, 0) is 89.3 Å². The van der Waals surface area contributed by atoms with Crippen LogP contribution < -0.4 is 0 Å². The SMILES string of the molecule is c1ccc(CC2CCN(CCCN3CCCCC3)CC2)cc1. The van der Waals surface area contributed by atoms with Crippen LogP contribution in [0.4, 0.5) is 0 Å². The van der Waals surface area contributed by atoms with Crippen LogP contribution >= 0.6 is 0 Å². The lowest BCUT2D eigenvalue weighted by Crippen LogP contribution is -2.37. The molecule has 122 valence electrons. The van der Waals surface area contributed by atoms with E-state index in [1.165, 1.54) is 89.8 Å². The summed E-state index contributed by atoms with van der Waals surface area (Å²) in [7, 11) is 0. The van der Waals surface area contributed by atoms with E-state index < -0.39 is 0 Å². The number of piperidine rings is 2. The summed E-state index contributed by atoms with van der Waals surface area (Å²) < 4.78 is 0. The lowest BCUT2D eigenvalue weighted by Gasteiger charge is -2.33. The van der Waals surface area contributed by atoms with Crippen molar-refractivity contribution in [2.24, 2.45) is 5.92 Å². The zero-order chi connectivity index (χ0) is 15.0. The molecule has 0 spiro atoms. The molecular formula is C20H32N2. The van der Waals surface area contributed by atoms with Crippen LogP contribution in [-0.2, 0) is 6.42 Å². The maximum Gasteiger partial charge on any atom is -0.000654 e. The first-order valence-corrected chi connectivity index (χ1v) is 9.39. The third-order valence-electron chi connectivity index (χ3n) is 5.47. The van der Waals surface area contributed by atoms with E-state index in [4.69, 9.17) is 0 Å². The molecule has 2 nitrogen and oxygen atoms in total. The van der Waals surface area contributed by atoms with E-state index in [0.29, 0.717) is 0 Å². The van der Waals surface area contributed by atoms with Gasteiger partial charge in [0, 0.05) is 0 Å². The highest BCUT2D eigenvalue weighted by molar-refractivity contribution is 5.15. The Labute approximate surface area is 136 Å². The summed E-state index contributed by atoms with van der Waals surface area (Å²) in [4.78, 5) is 5.37. The number of likely N-dealkylation sites (tertiary alicyclic amines) is 2. The maximum atomic E-state index is 2.70. The molecule has 0 saturated carbocycles. The molecule has 0 amide bonds. The quantitative estimate of drug-likeness (QED) is 0.788. The summed E-state index contributed by atoms with van der Waals surface area (Å²) in [5, 5.41) is 0. The molecule has 0 aromatic heterocycles. The third-order valence-corrected chi connectivity index (χ3v) is 5.47. The zero-order valence-electron chi connectivity index (χ0n) is 14.1. The number of hydrogen-bond acceptors (Lipinski definition) is 2. The Balaban J connectivity index is 1.30. The minimum atomic E-state index is 0.903. The molecule has 0 N–H and O–H groups in total. The Bertz CT molecular complexity index is 403. The van der Waals surface area contributed by atoms with Crippen molar-refractivity contribution in [2.75, 3.05) is 39.3 Å². The Morgan fingerprint density at radius 1 is 0.773 bits per heavy atom. The Hall–Kier alpha value is -0.860. The van der Waals surface area contributed by atoms with Gasteiger partial charge in [0.1, 0.15) is 0 Å². The van der Waals surface area contributed by atoms with E-state index in [-0.39, 0.29) is 0 Å². The summed E-state index contributed by atoms with van der Waals surface area (Å²) in [6.07, 6.45) is 9.71. The lowest BCUT2D eigenvalue weighted by atomic mass is 9.90. The fourth-order valence-electron chi connectivity index (χ4n) is 4.06. The van der Waals surface area contributed by atoms with E-state index in [9.17, 15) is 0 Å². The molecule has 2 saturated heterocycles. The highest BCUT2D eigenvalue weighted by atomic mass is 15.1. The lowest BCUT2D eigenvalue weighted by molar-refractivity contribution is 0.164. The second kappa shape index (κ2) is 8.69. The molecule has 2 heterocycles. The van der Waals surface area contributed by atoms with Gasteiger partial charge in [-0.1, -0.05) is 36.8 Å². The summed E-state index contributed by atoms with van der Waals surface area (Å²) >= 11 is 0. The largest absolute Gasteiger partial charge is 0.303 e. The van der Waals surface area contributed by atoms with Gasteiger partial charge in [0.05, 0.1) is 0 Å². The van der Waals surface area contributed by atoms with Crippen LogP contribution in [0, 0.1) is 5.92 Å². The molecule has 1 aromatic rings. The van der Waals surface area contributed by atoms with Crippen LogP contribution in [0.1, 0.15) is 44.1 Å². The van der Waals surface area contributed by atoms with Gasteiger partial charge in [-0.25, -0.2) is 0 Å². The minimum Gasteiger partial charge on any atom is -0.303 e. The molecule has 2 fully saturated rings. The van der Waals surface area contributed by atoms with Crippen LogP contribution in [0.2, 0.25) is 0 Å². The second-order valence-corrected chi connectivity index (χ2v) is 7.23. The van der Waals surface area contributed by atoms with E-state index in [1.54, 1.807) is 0 Å². The molecule has 3 rings (SSSR count). The standard InChI is InChI=1S/C20H32N2/c1-3-8-19(9-4-1)18-20-10-16-22(17-11-20)15-7-14-21-12-5-2-6-13-21/h1,3-4,8-9,20H,2,5-7,10-18H2. The van der Waals surface area contributed by atoms with E-state index in [0.717, 1.165) is 5.92 Å². The van der Waals surface area contributed by atoms with Crippen LogP contribution in [0.25, 0.3) is 0 Å². The minimum absolute atomic E-state index is 0.903. The Kier molecular flexibility index (Phi) is 6.32. The van der Waals surface area contributed by atoms with Gasteiger partial charge in [0.15, 0.2) is 0 Å². The molecule has 0 radical (unpaired) electrons. The van der Waals surface area contributed by atoms with Crippen LogP contribution in [0.5, 0.6) is 0 Å². The van der Waals surface area contributed by atoms with Crippen molar-refractivity contribution in [3.63, 3.8) is 0 Å². The molecule has 0 bridgehead atoms. The van der Waals surface area contributed by atoms with Crippen LogP contribution in [0.3, 0.4) is 0 Å². The first kappa shape index (κ1) is 16.0. The van der Waals surface area contributed by atoms with Crippen molar-refractivity contribution in [3.05, 3.63) is 35.9 Å². The Morgan fingerprint density at radius 3 is 2.09 bits per heavy atom. The van der Waals surface area contributed by atoms with Gasteiger partial charge in [-0.15, -0.1) is 0 Å². The monoisotopic (exact) mass is 300 g/mol. The third kappa shape index (κ3) is 5.10. The topological polar surface area (TPSA) is 6.48 Å². The molecule has 1 aromatic carbocycles. The molecule has 2 heteroatoms. The van der Waals surface area contributed by atoms with Gasteiger partial charge in [0.2, 0.25) is 0 Å². The van der Waals surface area contributed by atoms with Crippen molar-refractivity contribution in [2.45, 2.75) is 44.9 Å². The normalized spacial score (nSPS) is 22.0. The zero-order valence-corrected chi connectivity index (χ0v) is 14.1. The molecule has 0 atom stereocenters. The molecule has 2 aliphatic heterocycles. The van der Waals surface area contributed by atoms with E-state index >= 15 is 0 Å². The number of nitrogens with zero attached hydrogens (tertiary/aromatic N) is 2. The predicted molar refractivity (Wildman–Crippen MR) is 94.2 cm³/mol. The molecular weight excluding hydrogens is 268 g/mol. The average molecular weight is 300 g/mol. The fraction of sp³-hybridized carbons (Fsp3) is 0.700. The van der Waals surface area contributed by atoms with Gasteiger partial charge >= 0.3 is 0 Å². The van der Waals surface area contributed by atoms with Crippen molar-refractivity contribution in [3.8, 4) is 0 Å². The molecule has 22 heavy (non-hydrogen) atoms. The van der Waals surface area contributed by atoms with Crippen molar-refractivity contribution < 1.29 is 0 Å². The van der Waals surface area contributed by atoms with Crippen molar-refractivity contribution >= 4 is 0 Å². The predicted octanol–water partition coefficient (Wildman–Crippen LogP) is 3.82. The van der Waals surface area contributed by atoms with E-state index in [2.05, 4.69) is 40.1 Å². The van der Waals surface area contributed by atoms with Crippen LogP contribution in [-0.4, -0.2) is 49.1 Å². The maximum absolute atomic E-state index is 2.70. The highest BCUT2D eigenvalue weighted by Crippen LogP contribution is 2.21. The van der Waals surface area contributed by atoms with Gasteiger partial charge in [-0.2, -0.15) is 0 Å². The molecule has 0 unspecified atom stereocenters. The van der Waals surface area contributed by atoms with Gasteiger partial charge in [0.25, 0.3) is 0 Å². The molecule has 0 aliphatic carbocycles. The average Bonchev–Trinajstić information content (AvgIpc) is 2.58. The van der Waals surface area contributed by atoms with E-state index in [1.807, 2.05) is 0 Å². The summed E-state index contributed by atoms with van der Waals surface area (Å²) in [6.45, 7) is 7.96. The Morgan fingerprint density at radius 2 is 1.41 bits per heavy atom. The number of rotatable bonds is 6. The van der Waals surface area contributed by atoms with Crippen molar-refractivity contribution in [1.29, 1.82) is 0 Å². The van der Waals surface area contributed by atoms with Gasteiger partial charge < -0.3 is 9.80 Å². The van der Waals surface area contributed by atoms with Crippen molar-refractivity contribution in [1.82, 2.24) is 9.80 Å². The first-order chi connectivity index (χ1) is 10.9.